The summed E-state index contributed by atoms with van der Waals surface area (Å²) in [5.74, 6) is 0.308. The van der Waals surface area contributed by atoms with E-state index in [0.717, 1.165) is 24.2 Å². The van der Waals surface area contributed by atoms with Gasteiger partial charge < -0.3 is 5.32 Å². The number of imidazole rings is 1. The van der Waals surface area contributed by atoms with Crippen LogP contribution in [0.1, 0.15) is 61.7 Å². The molecule has 1 fully saturated rings. The summed E-state index contributed by atoms with van der Waals surface area (Å²) in [5, 5.41) is 7.26. The minimum absolute atomic E-state index is 0.0233. The lowest BCUT2D eigenvalue weighted by Gasteiger charge is -2.38. The van der Waals surface area contributed by atoms with Gasteiger partial charge in [0.05, 0.1) is 17.4 Å². The van der Waals surface area contributed by atoms with Gasteiger partial charge in [-0.25, -0.2) is 18.3 Å². The van der Waals surface area contributed by atoms with Crippen LogP contribution in [-0.4, -0.2) is 57.4 Å². The van der Waals surface area contributed by atoms with E-state index in [1.807, 2.05) is 40.8 Å². The number of aromatic nitrogens is 3. The van der Waals surface area contributed by atoms with Crippen LogP contribution in [0.3, 0.4) is 0 Å². The van der Waals surface area contributed by atoms with Gasteiger partial charge in [-0.3, -0.25) is 14.5 Å². The molecule has 7 nitrogen and oxygen atoms in total. The summed E-state index contributed by atoms with van der Waals surface area (Å²) in [6.07, 6.45) is -0.254. The van der Waals surface area contributed by atoms with Crippen LogP contribution in [0, 0.1) is 0 Å². The Morgan fingerprint density at radius 1 is 1.18 bits per heavy atom. The zero-order valence-corrected chi connectivity index (χ0v) is 19.5. The molecule has 0 radical (unpaired) electrons. The van der Waals surface area contributed by atoms with Gasteiger partial charge in [0.15, 0.2) is 11.9 Å². The molecule has 1 N–H and O–H groups in total. The maximum Gasteiger partial charge on any atom is 0.263 e. The van der Waals surface area contributed by atoms with Gasteiger partial charge in [0.1, 0.15) is 5.69 Å². The van der Waals surface area contributed by atoms with Crippen molar-refractivity contribution in [2.45, 2.75) is 45.6 Å². The van der Waals surface area contributed by atoms with E-state index < -0.39 is 6.43 Å². The summed E-state index contributed by atoms with van der Waals surface area (Å²) in [7, 11) is 1.97. The normalized spacial score (nSPS) is 16.0. The molecule has 0 bridgehead atoms. The van der Waals surface area contributed by atoms with Gasteiger partial charge in [0.25, 0.3) is 6.43 Å². The van der Waals surface area contributed by atoms with Crippen molar-refractivity contribution in [3.63, 3.8) is 0 Å². The van der Waals surface area contributed by atoms with Crippen LogP contribution in [0.4, 0.5) is 8.78 Å². The molecule has 3 aromatic rings. The van der Waals surface area contributed by atoms with Crippen molar-refractivity contribution in [2.24, 2.45) is 0 Å². The molecule has 0 aliphatic carbocycles. The third-order valence-corrected chi connectivity index (χ3v) is 5.92. The number of aldehydes is 1. The molecule has 1 aromatic carbocycles. The molecule has 176 valence electrons. The Labute approximate surface area is 191 Å². The second-order valence-corrected chi connectivity index (χ2v) is 8.85. The predicted octanol–water partition coefficient (Wildman–Crippen LogP) is 4.10. The van der Waals surface area contributed by atoms with Crippen LogP contribution in [0.25, 0.3) is 16.9 Å². The van der Waals surface area contributed by atoms with E-state index in [9.17, 15) is 18.4 Å². The largest absolute Gasteiger partial charge is 0.353 e. The molecule has 1 aliphatic rings. The number of fused-ring (bicyclic) bond motifs is 1. The Morgan fingerprint density at radius 2 is 1.85 bits per heavy atom. The lowest BCUT2D eigenvalue weighted by molar-refractivity contribution is -0.133. The van der Waals surface area contributed by atoms with E-state index in [-0.39, 0.29) is 22.9 Å². The van der Waals surface area contributed by atoms with Crippen molar-refractivity contribution in [3.8, 4) is 11.3 Å². The molecule has 1 amide bonds. The van der Waals surface area contributed by atoms with Crippen LogP contribution >= 0.6 is 0 Å². The summed E-state index contributed by atoms with van der Waals surface area (Å²) in [6.45, 7) is 9.63. The van der Waals surface area contributed by atoms with Gasteiger partial charge in [0, 0.05) is 29.8 Å². The number of amides is 1. The highest BCUT2D eigenvalue weighted by molar-refractivity contribution is 5.86. The quantitative estimate of drug-likeness (QED) is 0.597. The zero-order chi connectivity index (χ0) is 24.3. The summed E-state index contributed by atoms with van der Waals surface area (Å²) in [6, 6.07) is 7.92. The zero-order valence-electron chi connectivity index (χ0n) is 19.5. The fraction of sp³-hybridized carbons (Fsp3) is 0.417. The number of halogens is 2. The van der Waals surface area contributed by atoms with E-state index in [4.69, 9.17) is 0 Å². The molecule has 4 rings (SSSR count). The first-order valence-corrected chi connectivity index (χ1v) is 10.8. The molecule has 3 heterocycles. The topological polar surface area (TPSA) is 79.6 Å². The SMILES string of the molecule is CC(C)c1cc(-c2ccc(C(F)F)cc2)nn2cc(C=O)nc12.CN1CCNC(=O)C1(C)C. The van der Waals surface area contributed by atoms with E-state index in [0.29, 0.717) is 23.3 Å². The van der Waals surface area contributed by atoms with Gasteiger partial charge >= 0.3 is 0 Å². The van der Waals surface area contributed by atoms with Gasteiger partial charge in [-0.2, -0.15) is 5.10 Å². The van der Waals surface area contributed by atoms with Crippen LogP contribution < -0.4 is 5.32 Å². The van der Waals surface area contributed by atoms with Crippen molar-refractivity contribution >= 4 is 17.8 Å². The minimum Gasteiger partial charge on any atom is -0.353 e. The lowest BCUT2D eigenvalue weighted by atomic mass is 10.0. The Balaban J connectivity index is 0.000000257. The molecule has 1 aliphatic heterocycles. The fourth-order valence-electron chi connectivity index (χ4n) is 3.45. The number of hydrogen-bond donors (Lipinski definition) is 1. The first-order valence-electron chi connectivity index (χ1n) is 10.8. The van der Waals surface area contributed by atoms with Crippen molar-refractivity contribution in [2.75, 3.05) is 20.1 Å². The van der Waals surface area contributed by atoms with Crippen molar-refractivity contribution in [1.82, 2.24) is 24.8 Å². The standard InChI is InChI=1S/C17H15F2N3O.C7H14N2O/c1-10(2)14-7-15(11-3-5-12(6-4-11)16(18)19)21-22-8-13(9-23)20-17(14)22;1-7(2)6(10)8-4-5-9(7)3/h3-10,16H,1-2H3;4-5H2,1-3H3,(H,8,10). The van der Waals surface area contributed by atoms with Gasteiger partial charge in [-0.1, -0.05) is 38.1 Å². The maximum atomic E-state index is 12.7. The second-order valence-electron chi connectivity index (χ2n) is 8.85. The Hall–Kier alpha value is -3.20. The maximum absolute atomic E-state index is 12.7. The molecular weight excluding hydrogens is 428 g/mol. The van der Waals surface area contributed by atoms with Gasteiger partial charge in [-0.15, -0.1) is 0 Å². The monoisotopic (exact) mass is 457 g/mol. The van der Waals surface area contributed by atoms with Crippen LogP contribution in [0.5, 0.6) is 0 Å². The van der Waals surface area contributed by atoms with Crippen LogP contribution in [-0.2, 0) is 4.79 Å². The third kappa shape index (κ3) is 5.24. The first-order chi connectivity index (χ1) is 15.5. The number of nitrogens with zero attached hydrogens (tertiary/aromatic N) is 4. The van der Waals surface area contributed by atoms with E-state index in [1.54, 1.807) is 22.8 Å². The predicted molar refractivity (Wildman–Crippen MR) is 123 cm³/mol. The molecule has 0 spiro atoms. The second kappa shape index (κ2) is 9.74. The molecule has 0 unspecified atom stereocenters. The average molecular weight is 458 g/mol. The van der Waals surface area contributed by atoms with E-state index in [2.05, 4.69) is 20.3 Å². The molecule has 0 atom stereocenters. The Kier molecular flexibility index (Phi) is 7.22. The summed E-state index contributed by atoms with van der Waals surface area (Å²) in [4.78, 5) is 28.4. The van der Waals surface area contributed by atoms with Crippen LogP contribution in [0.2, 0.25) is 0 Å². The van der Waals surface area contributed by atoms with E-state index in [1.165, 1.54) is 12.1 Å². The molecule has 33 heavy (non-hydrogen) atoms. The molecule has 9 heteroatoms. The lowest BCUT2D eigenvalue weighted by Crippen LogP contribution is -2.60. The van der Waals surface area contributed by atoms with Crippen molar-refractivity contribution in [1.29, 1.82) is 0 Å². The summed E-state index contributed by atoms with van der Waals surface area (Å²) < 4.78 is 26.9. The first kappa shape index (κ1) is 24.4. The summed E-state index contributed by atoms with van der Waals surface area (Å²) in [5.41, 5.74) is 2.93. The number of nitrogens with one attached hydrogen (secondary N) is 1. The Bertz CT molecular complexity index is 1140. The molecule has 0 saturated carbocycles. The highest BCUT2D eigenvalue weighted by Gasteiger charge is 2.34. The number of piperazine rings is 1. The number of hydrogen-bond acceptors (Lipinski definition) is 5. The number of carbonyl (C=O) groups excluding carboxylic acids is 2. The van der Waals surface area contributed by atoms with E-state index >= 15 is 0 Å². The number of likely N-dealkylation sites (N-methyl/N-ethyl adjacent to an activating group) is 1. The number of alkyl halides is 2. The smallest absolute Gasteiger partial charge is 0.263 e. The van der Waals surface area contributed by atoms with Crippen molar-refractivity contribution in [3.05, 3.63) is 53.3 Å². The molecule has 2 aromatic heterocycles. The minimum atomic E-state index is -2.49. The van der Waals surface area contributed by atoms with Crippen LogP contribution in [0.15, 0.2) is 36.5 Å². The van der Waals surface area contributed by atoms with Gasteiger partial charge in [0.2, 0.25) is 5.91 Å². The van der Waals surface area contributed by atoms with Crippen molar-refractivity contribution < 1.29 is 18.4 Å². The Morgan fingerprint density at radius 3 is 2.36 bits per heavy atom. The average Bonchev–Trinajstić information content (AvgIpc) is 3.21. The molecule has 1 saturated heterocycles. The summed E-state index contributed by atoms with van der Waals surface area (Å²) >= 11 is 0. The van der Waals surface area contributed by atoms with Gasteiger partial charge in [-0.05, 0) is 32.9 Å². The fourth-order valence-corrected chi connectivity index (χ4v) is 3.45. The third-order valence-electron chi connectivity index (χ3n) is 5.92. The highest BCUT2D eigenvalue weighted by Crippen LogP contribution is 2.27. The molecular formula is C24H29F2N5O2. The number of rotatable bonds is 4. The number of carbonyl (C=O) groups is 2. The number of benzene rings is 1. The highest BCUT2D eigenvalue weighted by atomic mass is 19.3.